The minimum absolute atomic E-state index is 0.154. The van der Waals surface area contributed by atoms with Gasteiger partial charge in [0.25, 0.3) is 0 Å². The summed E-state index contributed by atoms with van der Waals surface area (Å²) in [5, 5.41) is 3.35. The van der Waals surface area contributed by atoms with Crippen molar-refractivity contribution >= 4 is 11.3 Å². The van der Waals surface area contributed by atoms with E-state index in [0.717, 1.165) is 18.8 Å². The molecule has 0 aliphatic rings. The zero-order chi connectivity index (χ0) is 15.3. The Hall–Kier alpha value is -1.32. The van der Waals surface area contributed by atoms with Crippen LogP contribution in [0.15, 0.2) is 36.4 Å². The molecule has 0 fully saturated rings. The molecule has 0 aliphatic heterocycles. The van der Waals surface area contributed by atoms with Crippen LogP contribution in [0, 0.1) is 0 Å². The lowest BCUT2D eigenvalue weighted by Gasteiger charge is -2.19. The number of ether oxygens (including phenoxy) is 1. The topological polar surface area (TPSA) is 21.3 Å². The van der Waals surface area contributed by atoms with Crippen LogP contribution in [0.25, 0.3) is 0 Å². The van der Waals surface area contributed by atoms with Gasteiger partial charge in [-0.25, -0.2) is 0 Å². The number of rotatable bonds is 6. The summed E-state index contributed by atoms with van der Waals surface area (Å²) >= 11 is 1.81. The van der Waals surface area contributed by atoms with Crippen LogP contribution in [0.5, 0.6) is 5.75 Å². The molecule has 1 N–H and O–H groups in total. The molecule has 2 aromatic rings. The third-order valence-electron chi connectivity index (χ3n) is 3.35. The Morgan fingerprint density at radius 3 is 2.57 bits per heavy atom. The largest absolute Gasteiger partial charge is 0.488 e. The van der Waals surface area contributed by atoms with Crippen LogP contribution in [0.1, 0.15) is 43.0 Å². The second kappa shape index (κ2) is 7.10. The molecule has 0 saturated heterocycles. The minimum atomic E-state index is 0.154. The molecule has 2 nitrogen and oxygen atoms in total. The van der Waals surface area contributed by atoms with E-state index in [0.29, 0.717) is 6.61 Å². The second-order valence-corrected chi connectivity index (χ2v) is 7.47. The third-order valence-corrected chi connectivity index (χ3v) is 4.41. The Morgan fingerprint density at radius 2 is 1.86 bits per heavy atom. The van der Waals surface area contributed by atoms with Gasteiger partial charge in [-0.2, -0.15) is 0 Å². The molecule has 0 amide bonds. The van der Waals surface area contributed by atoms with E-state index < -0.39 is 0 Å². The summed E-state index contributed by atoms with van der Waals surface area (Å²) in [4.78, 5) is 2.63. The summed E-state index contributed by atoms with van der Waals surface area (Å²) in [6, 6.07) is 12.7. The average Bonchev–Trinajstić information content (AvgIpc) is 2.90. The first kappa shape index (κ1) is 16.1. The summed E-state index contributed by atoms with van der Waals surface area (Å²) in [5.41, 5.74) is 1.46. The van der Waals surface area contributed by atoms with Crippen molar-refractivity contribution in [3.8, 4) is 5.75 Å². The fourth-order valence-corrected chi connectivity index (χ4v) is 2.95. The summed E-state index contributed by atoms with van der Waals surface area (Å²) in [7, 11) is 0. The molecule has 3 heteroatoms. The van der Waals surface area contributed by atoms with Gasteiger partial charge in [0, 0.05) is 16.3 Å². The standard InChI is InChI=1S/C18H25NOS/c1-5-19-12-16-9-10-17(21-16)13-20-15-8-6-7-14(11-15)18(2,3)4/h6-11,19H,5,12-13H2,1-4H3. The minimum Gasteiger partial charge on any atom is -0.488 e. The van der Waals surface area contributed by atoms with Crippen molar-refractivity contribution in [2.75, 3.05) is 6.54 Å². The summed E-state index contributed by atoms with van der Waals surface area (Å²) in [6.45, 7) is 11.4. The van der Waals surface area contributed by atoms with Gasteiger partial charge in [-0.3, -0.25) is 0 Å². The lowest BCUT2D eigenvalue weighted by Crippen LogP contribution is -2.10. The quantitative estimate of drug-likeness (QED) is 0.832. The molecule has 0 saturated carbocycles. The van der Waals surface area contributed by atoms with Crippen LogP contribution in [-0.4, -0.2) is 6.54 Å². The lowest BCUT2D eigenvalue weighted by molar-refractivity contribution is 0.309. The molecule has 114 valence electrons. The molecule has 21 heavy (non-hydrogen) atoms. The predicted molar refractivity (Wildman–Crippen MR) is 91.2 cm³/mol. The maximum Gasteiger partial charge on any atom is 0.122 e. The first-order chi connectivity index (χ1) is 9.99. The molecule has 2 rings (SSSR count). The Balaban J connectivity index is 1.95. The van der Waals surface area contributed by atoms with Gasteiger partial charge in [0.05, 0.1) is 0 Å². The predicted octanol–water partition coefficient (Wildman–Crippen LogP) is 4.73. The highest BCUT2D eigenvalue weighted by molar-refractivity contribution is 7.11. The van der Waals surface area contributed by atoms with Crippen molar-refractivity contribution in [1.29, 1.82) is 0 Å². The van der Waals surface area contributed by atoms with Gasteiger partial charge in [-0.15, -0.1) is 11.3 Å². The first-order valence-corrected chi connectivity index (χ1v) is 8.32. The zero-order valence-corrected chi connectivity index (χ0v) is 14.2. The maximum absolute atomic E-state index is 5.94. The van der Waals surface area contributed by atoms with E-state index in [1.165, 1.54) is 15.3 Å². The Morgan fingerprint density at radius 1 is 1.10 bits per heavy atom. The van der Waals surface area contributed by atoms with Crippen LogP contribution in [0.4, 0.5) is 0 Å². The number of thiophene rings is 1. The van der Waals surface area contributed by atoms with Crippen molar-refractivity contribution in [1.82, 2.24) is 5.32 Å². The van der Waals surface area contributed by atoms with E-state index in [9.17, 15) is 0 Å². The van der Waals surface area contributed by atoms with Crippen molar-refractivity contribution in [2.45, 2.75) is 46.3 Å². The maximum atomic E-state index is 5.94. The smallest absolute Gasteiger partial charge is 0.122 e. The fourth-order valence-electron chi connectivity index (χ4n) is 2.05. The number of hydrogen-bond donors (Lipinski definition) is 1. The van der Waals surface area contributed by atoms with Crippen LogP contribution < -0.4 is 10.1 Å². The van der Waals surface area contributed by atoms with Crippen molar-refractivity contribution in [3.05, 3.63) is 51.7 Å². The van der Waals surface area contributed by atoms with E-state index in [1.807, 2.05) is 17.4 Å². The van der Waals surface area contributed by atoms with Crippen molar-refractivity contribution < 1.29 is 4.74 Å². The summed E-state index contributed by atoms with van der Waals surface area (Å²) in [6.07, 6.45) is 0. The molecule has 1 heterocycles. The molecule has 1 aromatic heterocycles. The van der Waals surface area contributed by atoms with Crippen molar-refractivity contribution in [2.24, 2.45) is 0 Å². The van der Waals surface area contributed by atoms with Gasteiger partial charge in [-0.05, 0) is 41.8 Å². The normalized spacial score (nSPS) is 11.6. The Labute approximate surface area is 132 Å². The monoisotopic (exact) mass is 303 g/mol. The van der Waals surface area contributed by atoms with E-state index in [2.05, 4.69) is 63.3 Å². The van der Waals surface area contributed by atoms with Crippen LogP contribution in [0.3, 0.4) is 0 Å². The first-order valence-electron chi connectivity index (χ1n) is 7.50. The molecular formula is C18H25NOS. The molecule has 0 spiro atoms. The molecule has 1 aromatic carbocycles. The van der Waals surface area contributed by atoms with Gasteiger partial charge in [-0.1, -0.05) is 39.8 Å². The second-order valence-electron chi connectivity index (χ2n) is 6.21. The van der Waals surface area contributed by atoms with Gasteiger partial charge in [0.15, 0.2) is 0 Å². The van der Waals surface area contributed by atoms with Crippen LogP contribution in [0.2, 0.25) is 0 Å². The molecule has 0 radical (unpaired) electrons. The van der Waals surface area contributed by atoms with Crippen molar-refractivity contribution in [3.63, 3.8) is 0 Å². The van der Waals surface area contributed by atoms with Gasteiger partial charge in [0.2, 0.25) is 0 Å². The molecule has 0 aliphatic carbocycles. The summed E-state index contributed by atoms with van der Waals surface area (Å²) in [5.74, 6) is 0.948. The van der Waals surface area contributed by atoms with E-state index >= 15 is 0 Å². The number of hydrogen-bond acceptors (Lipinski definition) is 3. The molecular weight excluding hydrogens is 278 g/mol. The highest BCUT2D eigenvalue weighted by Crippen LogP contribution is 2.26. The average molecular weight is 303 g/mol. The van der Waals surface area contributed by atoms with E-state index in [4.69, 9.17) is 4.74 Å². The third kappa shape index (κ3) is 4.87. The summed E-state index contributed by atoms with van der Waals surface area (Å²) < 4.78 is 5.94. The molecule has 0 bridgehead atoms. The highest BCUT2D eigenvalue weighted by Gasteiger charge is 2.13. The van der Waals surface area contributed by atoms with Crippen LogP contribution >= 0.6 is 11.3 Å². The molecule has 0 atom stereocenters. The van der Waals surface area contributed by atoms with E-state index in [1.54, 1.807) is 0 Å². The molecule has 0 unspecified atom stereocenters. The number of benzene rings is 1. The van der Waals surface area contributed by atoms with E-state index in [-0.39, 0.29) is 5.41 Å². The number of nitrogens with one attached hydrogen (secondary N) is 1. The Bertz CT molecular complexity index is 569. The zero-order valence-electron chi connectivity index (χ0n) is 13.4. The van der Waals surface area contributed by atoms with Gasteiger partial charge < -0.3 is 10.1 Å². The fraction of sp³-hybridized carbons (Fsp3) is 0.444. The van der Waals surface area contributed by atoms with Crippen LogP contribution in [-0.2, 0) is 18.6 Å². The van der Waals surface area contributed by atoms with Gasteiger partial charge in [0.1, 0.15) is 12.4 Å². The lowest BCUT2D eigenvalue weighted by atomic mass is 9.87. The SMILES string of the molecule is CCNCc1ccc(COc2cccc(C(C)(C)C)c2)s1. The Kier molecular flexibility index (Phi) is 5.43. The van der Waals surface area contributed by atoms with Gasteiger partial charge >= 0.3 is 0 Å². The highest BCUT2D eigenvalue weighted by atomic mass is 32.1.